The fourth-order valence-electron chi connectivity index (χ4n) is 2.52. The van der Waals surface area contributed by atoms with E-state index < -0.39 is 0 Å². The molecule has 3 rings (SSSR count). The zero-order valence-electron chi connectivity index (χ0n) is 9.75. The third kappa shape index (κ3) is 2.13. The lowest BCUT2D eigenvalue weighted by Crippen LogP contribution is -2.35. The average Bonchev–Trinajstić information content (AvgIpc) is 2.72. The molecular weight excluding hydrogens is 214 g/mol. The number of carbonyl (C=O) groups excluding carboxylic acids is 1. The molecule has 17 heavy (non-hydrogen) atoms. The van der Waals surface area contributed by atoms with Crippen LogP contribution in [0.25, 0.3) is 0 Å². The van der Waals surface area contributed by atoms with E-state index in [0.29, 0.717) is 12.6 Å². The Balaban J connectivity index is 1.73. The molecule has 0 aromatic heterocycles. The van der Waals surface area contributed by atoms with Gasteiger partial charge in [-0.2, -0.15) is 0 Å². The van der Waals surface area contributed by atoms with E-state index >= 15 is 0 Å². The number of anilines is 1. The number of hydrogen-bond donors (Lipinski definition) is 3. The van der Waals surface area contributed by atoms with Crippen molar-refractivity contribution in [1.29, 1.82) is 0 Å². The summed E-state index contributed by atoms with van der Waals surface area (Å²) in [5.41, 5.74) is 3.06. The Morgan fingerprint density at radius 3 is 2.88 bits per heavy atom. The van der Waals surface area contributed by atoms with Crippen LogP contribution in [0.2, 0.25) is 0 Å². The number of carbonyl (C=O) groups is 1. The van der Waals surface area contributed by atoms with Gasteiger partial charge in [0.15, 0.2) is 0 Å². The SMILES string of the molecule is O=C1NCc2cc(NC3CCNCC3)ccc21. The van der Waals surface area contributed by atoms with Gasteiger partial charge in [-0.3, -0.25) is 4.79 Å². The largest absolute Gasteiger partial charge is 0.382 e. The van der Waals surface area contributed by atoms with Crippen molar-refractivity contribution in [1.82, 2.24) is 10.6 Å². The summed E-state index contributed by atoms with van der Waals surface area (Å²) in [6, 6.07) is 6.57. The summed E-state index contributed by atoms with van der Waals surface area (Å²) >= 11 is 0. The monoisotopic (exact) mass is 231 g/mol. The van der Waals surface area contributed by atoms with Crippen LogP contribution in [0.5, 0.6) is 0 Å². The van der Waals surface area contributed by atoms with Crippen LogP contribution in [0.1, 0.15) is 28.8 Å². The molecule has 1 saturated heterocycles. The lowest BCUT2D eigenvalue weighted by Gasteiger charge is -2.24. The molecule has 1 aromatic rings. The first-order chi connectivity index (χ1) is 8.33. The summed E-state index contributed by atoms with van der Waals surface area (Å²) in [6.45, 7) is 2.83. The Morgan fingerprint density at radius 2 is 2.06 bits per heavy atom. The Labute approximate surface area is 101 Å². The van der Waals surface area contributed by atoms with Crippen LogP contribution in [-0.2, 0) is 6.54 Å². The molecule has 0 spiro atoms. The van der Waals surface area contributed by atoms with E-state index in [-0.39, 0.29) is 5.91 Å². The minimum absolute atomic E-state index is 0.0495. The van der Waals surface area contributed by atoms with Crippen LogP contribution >= 0.6 is 0 Å². The van der Waals surface area contributed by atoms with Crippen molar-refractivity contribution in [2.45, 2.75) is 25.4 Å². The fourth-order valence-corrected chi connectivity index (χ4v) is 2.52. The molecular formula is C13H17N3O. The van der Waals surface area contributed by atoms with Gasteiger partial charge >= 0.3 is 0 Å². The van der Waals surface area contributed by atoms with Crippen molar-refractivity contribution < 1.29 is 4.79 Å². The first-order valence-electron chi connectivity index (χ1n) is 6.21. The lowest BCUT2D eigenvalue weighted by molar-refractivity contribution is 0.0966. The first-order valence-corrected chi connectivity index (χ1v) is 6.21. The molecule has 3 N–H and O–H groups in total. The van der Waals surface area contributed by atoms with E-state index in [1.54, 1.807) is 0 Å². The molecule has 0 saturated carbocycles. The van der Waals surface area contributed by atoms with Crippen molar-refractivity contribution >= 4 is 11.6 Å². The number of piperidine rings is 1. The Bertz CT molecular complexity index is 438. The van der Waals surface area contributed by atoms with E-state index in [2.05, 4.69) is 22.0 Å². The Morgan fingerprint density at radius 1 is 1.24 bits per heavy atom. The van der Waals surface area contributed by atoms with Gasteiger partial charge in [0.2, 0.25) is 0 Å². The Hall–Kier alpha value is -1.55. The summed E-state index contributed by atoms with van der Waals surface area (Å²) in [5.74, 6) is 0.0495. The Kier molecular flexibility index (Phi) is 2.73. The number of rotatable bonds is 2. The second-order valence-electron chi connectivity index (χ2n) is 4.72. The molecule has 2 aliphatic heterocycles. The van der Waals surface area contributed by atoms with Gasteiger partial charge < -0.3 is 16.0 Å². The molecule has 1 amide bonds. The normalized spacial score (nSPS) is 19.9. The van der Waals surface area contributed by atoms with Crippen molar-refractivity contribution in [3.8, 4) is 0 Å². The van der Waals surface area contributed by atoms with Crippen LogP contribution in [0, 0.1) is 0 Å². The molecule has 90 valence electrons. The standard InChI is InChI=1S/C13H17N3O/c17-13-12-2-1-11(7-9(12)8-15-13)16-10-3-5-14-6-4-10/h1-2,7,10,14,16H,3-6,8H2,(H,15,17). The van der Waals surface area contributed by atoms with Crippen LogP contribution in [0.4, 0.5) is 5.69 Å². The van der Waals surface area contributed by atoms with Gasteiger partial charge in [0.25, 0.3) is 5.91 Å². The number of hydrogen-bond acceptors (Lipinski definition) is 3. The second-order valence-corrected chi connectivity index (χ2v) is 4.72. The van der Waals surface area contributed by atoms with Crippen LogP contribution < -0.4 is 16.0 Å². The van der Waals surface area contributed by atoms with Crippen LogP contribution in [0.3, 0.4) is 0 Å². The molecule has 0 unspecified atom stereocenters. The molecule has 4 nitrogen and oxygen atoms in total. The quantitative estimate of drug-likeness (QED) is 0.714. The number of amides is 1. The number of fused-ring (bicyclic) bond motifs is 1. The van der Waals surface area contributed by atoms with E-state index in [4.69, 9.17) is 0 Å². The predicted octanol–water partition coefficient (Wildman–Crippen LogP) is 1.09. The van der Waals surface area contributed by atoms with Crippen molar-refractivity contribution in [2.24, 2.45) is 0 Å². The number of nitrogens with one attached hydrogen (secondary N) is 3. The zero-order valence-corrected chi connectivity index (χ0v) is 9.75. The summed E-state index contributed by atoms with van der Waals surface area (Å²) in [5, 5.41) is 9.74. The maximum absolute atomic E-state index is 11.4. The first kappa shape index (κ1) is 10.6. The minimum Gasteiger partial charge on any atom is -0.382 e. The molecule has 2 heterocycles. The second kappa shape index (κ2) is 4.37. The highest BCUT2D eigenvalue weighted by Gasteiger charge is 2.19. The van der Waals surface area contributed by atoms with E-state index in [0.717, 1.165) is 42.7 Å². The lowest BCUT2D eigenvalue weighted by atomic mass is 10.0. The van der Waals surface area contributed by atoms with Gasteiger partial charge in [-0.25, -0.2) is 0 Å². The van der Waals surface area contributed by atoms with Crippen molar-refractivity contribution in [3.63, 3.8) is 0 Å². The maximum Gasteiger partial charge on any atom is 0.251 e. The molecule has 0 atom stereocenters. The molecule has 1 fully saturated rings. The summed E-state index contributed by atoms with van der Waals surface area (Å²) in [6.07, 6.45) is 2.32. The molecule has 0 radical (unpaired) electrons. The number of benzene rings is 1. The molecule has 0 bridgehead atoms. The van der Waals surface area contributed by atoms with E-state index in [9.17, 15) is 4.79 Å². The minimum atomic E-state index is 0.0495. The van der Waals surface area contributed by atoms with Gasteiger partial charge in [0.05, 0.1) is 0 Å². The fraction of sp³-hybridized carbons (Fsp3) is 0.462. The van der Waals surface area contributed by atoms with Gasteiger partial charge in [-0.05, 0) is 49.7 Å². The van der Waals surface area contributed by atoms with Crippen molar-refractivity contribution in [2.75, 3.05) is 18.4 Å². The summed E-state index contributed by atoms with van der Waals surface area (Å²) < 4.78 is 0. The average molecular weight is 231 g/mol. The summed E-state index contributed by atoms with van der Waals surface area (Å²) in [4.78, 5) is 11.4. The van der Waals surface area contributed by atoms with Gasteiger partial charge in [-0.1, -0.05) is 0 Å². The predicted molar refractivity (Wildman–Crippen MR) is 67.1 cm³/mol. The van der Waals surface area contributed by atoms with Gasteiger partial charge in [0.1, 0.15) is 0 Å². The molecule has 0 aliphatic carbocycles. The van der Waals surface area contributed by atoms with Gasteiger partial charge in [-0.15, -0.1) is 0 Å². The van der Waals surface area contributed by atoms with Crippen LogP contribution in [0.15, 0.2) is 18.2 Å². The van der Waals surface area contributed by atoms with E-state index in [1.807, 2.05) is 12.1 Å². The maximum atomic E-state index is 11.4. The topological polar surface area (TPSA) is 53.2 Å². The highest BCUT2D eigenvalue weighted by Crippen LogP contribution is 2.21. The highest BCUT2D eigenvalue weighted by atomic mass is 16.1. The van der Waals surface area contributed by atoms with Crippen molar-refractivity contribution in [3.05, 3.63) is 29.3 Å². The molecule has 2 aliphatic rings. The third-order valence-corrected chi connectivity index (χ3v) is 3.50. The zero-order chi connectivity index (χ0) is 11.7. The highest BCUT2D eigenvalue weighted by molar-refractivity contribution is 5.98. The molecule has 1 aromatic carbocycles. The van der Waals surface area contributed by atoms with Crippen LogP contribution in [-0.4, -0.2) is 25.0 Å². The molecule has 4 heteroatoms. The smallest absolute Gasteiger partial charge is 0.251 e. The summed E-state index contributed by atoms with van der Waals surface area (Å²) in [7, 11) is 0. The van der Waals surface area contributed by atoms with E-state index in [1.165, 1.54) is 0 Å². The van der Waals surface area contributed by atoms with Gasteiger partial charge in [0, 0.05) is 23.8 Å². The third-order valence-electron chi connectivity index (χ3n) is 3.50.